The molecule has 0 aromatic carbocycles. The zero-order valence-corrected chi connectivity index (χ0v) is 40.1. The number of allylic oxidation sites excluding steroid dienone is 4. The first-order valence-corrected chi connectivity index (χ1v) is 29.2. The van der Waals surface area contributed by atoms with Crippen LogP contribution in [0.25, 0.3) is 12.2 Å². The molecule has 0 fully saturated rings. The number of methoxy groups -OCH3 is 2. The van der Waals surface area contributed by atoms with Gasteiger partial charge in [0, 0.05) is 0 Å². The second-order valence-corrected chi connectivity index (χ2v) is 29.7. The third-order valence-electron chi connectivity index (χ3n) is 6.22. The van der Waals surface area contributed by atoms with Crippen LogP contribution < -0.4 is 9.47 Å². The summed E-state index contributed by atoms with van der Waals surface area (Å²) in [4.78, 5) is 2.19. The van der Waals surface area contributed by atoms with Crippen molar-refractivity contribution in [2.75, 3.05) is 39.2 Å². The molecule has 49 heavy (non-hydrogen) atoms. The highest BCUT2D eigenvalue weighted by Gasteiger charge is 2.33. The van der Waals surface area contributed by atoms with Gasteiger partial charge in [0.2, 0.25) is 0 Å². The fraction of sp³-hybridized carbons (Fsp3) is 0.200. The number of thiophene rings is 1. The van der Waals surface area contributed by atoms with Gasteiger partial charge in [0.15, 0.2) is 11.5 Å². The Bertz CT molecular complexity index is 1670. The molecule has 0 bridgehead atoms. The minimum absolute atomic E-state index is 0.809. The highest BCUT2D eigenvalue weighted by atomic mass is 32.3. The van der Waals surface area contributed by atoms with E-state index >= 15 is 0 Å². The van der Waals surface area contributed by atoms with Crippen LogP contribution >= 0.6 is 200 Å². The first-order chi connectivity index (χ1) is 23.9. The molecule has 7 rings (SSSR count). The van der Waals surface area contributed by atoms with Crippen LogP contribution in [0.4, 0.5) is 0 Å². The third kappa shape index (κ3) is 9.30. The van der Waals surface area contributed by atoms with Gasteiger partial charge in [-0.2, -0.15) is 0 Å². The molecule has 258 valence electrons. The molecule has 0 N–H and O–H groups in total. The average Bonchev–Trinajstić information content (AvgIpc) is 3.95. The molecule has 0 unspecified atom stereocenters. The Balaban J connectivity index is 0.973. The van der Waals surface area contributed by atoms with E-state index < -0.39 is 0 Å². The summed E-state index contributed by atoms with van der Waals surface area (Å²) < 4.78 is 30.9. The van der Waals surface area contributed by atoms with Crippen molar-refractivity contribution in [2.45, 2.75) is 0 Å². The van der Waals surface area contributed by atoms with E-state index in [4.69, 9.17) is 9.47 Å². The molecule has 0 saturated heterocycles. The number of ether oxygens (including phenoxy) is 2. The quantitative estimate of drug-likeness (QED) is 0.222. The molecule has 0 aliphatic carbocycles. The van der Waals surface area contributed by atoms with Gasteiger partial charge in [0.25, 0.3) is 0 Å². The number of hydrogen-bond acceptors (Lipinski definition) is 19. The molecule has 19 heteroatoms. The predicted octanol–water partition coefficient (Wildman–Crippen LogP) is 16.6. The first kappa shape index (κ1) is 39.5. The molecule has 0 saturated carbocycles. The monoisotopic (exact) mass is 960 g/mol. The maximum absolute atomic E-state index is 5.92. The summed E-state index contributed by atoms with van der Waals surface area (Å²) in [6, 6.07) is 0. The van der Waals surface area contributed by atoms with Gasteiger partial charge in [0.1, 0.15) is 0 Å². The van der Waals surface area contributed by atoms with Crippen molar-refractivity contribution >= 4 is 212 Å². The largest absolute Gasteiger partial charge is 0.491 e. The number of rotatable bonds is 10. The normalized spacial score (nSPS) is 20.4. The molecule has 0 radical (unpaired) electrons. The Kier molecular flexibility index (Phi) is 14.9. The molecule has 2 nitrogen and oxygen atoms in total. The third-order valence-corrected chi connectivity index (χ3v) is 28.3. The lowest BCUT2D eigenvalue weighted by atomic mass is 10.3. The van der Waals surface area contributed by atoms with E-state index in [0.717, 1.165) is 21.3 Å². The Hall–Kier alpha value is 2.30. The smallest absolute Gasteiger partial charge is 0.179 e. The minimum atomic E-state index is 0.809. The molecule has 6 aliphatic rings. The second-order valence-electron chi connectivity index (χ2n) is 9.11. The Morgan fingerprint density at radius 3 is 0.918 bits per heavy atom. The van der Waals surface area contributed by atoms with Crippen LogP contribution in [0.3, 0.4) is 0 Å². The number of hydrogen-bond donors (Lipinski definition) is 0. The van der Waals surface area contributed by atoms with Gasteiger partial charge in [-0.1, -0.05) is 141 Å². The van der Waals surface area contributed by atoms with Crippen molar-refractivity contribution in [3.8, 4) is 11.5 Å². The molecular formula is C30H24O2S17. The van der Waals surface area contributed by atoms with Crippen LogP contribution in [0.2, 0.25) is 0 Å². The van der Waals surface area contributed by atoms with Gasteiger partial charge in [-0.05, 0) is 61.5 Å². The summed E-state index contributed by atoms with van der Waals surface area (Å²) in [5, 5.41) is 0. The van der Waals surface area contributed by atoms with Crippen molar-refractivity contribution in [3.63, 3.8) is 0 Å². The van der Waals surface area contributed by atoms with E-state index in [1.54, 1.807) is 25.6 Å². The summed E-state index contributed by atoms with van der Waals surface area (Å²) in [6.07, 6.45) is 22.3. The van der Waals surface area contributed by atoms with Crippen molar-refractivity contribution in [1.82, 2.24) is 0 Å². The van der Waals surface area contributed by atoms with Gasteiger partial charge in [-0.25, -0.2) is 0 Å². The SMILES string of the molecule is COc1c(C=C2SC3=C(SC(=CC=C4SC(SC)=C(SC)S4)S3)S2)sc(C=C2SC3=C(SC(=CC=C4SC(SC)=C(SC)S4)S3)S2)c1OC. The zero-order chi connectivity index (χ0) is 34.1. The lowest BCUT2D eigenvalue weighted by molar-refractivity contribution is 0.357. The van der Waals surface area contributed by atoms with Crippen molar-refractivity contribution in [3.05, 3.63) is 93.4 Å². The molecule has 0 spiro atoms. The summed E-state index contributed by atoms with van der Waals surface area (Å²) >= 11 is 31.6. The van der Waals surface area contributed by atoms with E-state index in [2.05, 4.69) is 61.5 Å². The topological polar surface area (TPSA) is 18.5 Å². The zero-order valence-electron chi connectivity index (χ0n) is 26.2. The fourth-order valence-electron chi connectivity index (χ4n) is 4.19. The van der Waals surface area contributed by atoms with E-state index in [0.29, 0.717) is 0 Å². The first-order valence-electron chi connectivity index (χ1n) is 13.7. The summed E-state index contributed by atoms with van der Waals surface area (Å²) in [5.41, 5.74) is 0. The van der Waals surface area contributed by atoms with Crippen LogP contribution in [-0.2, 0) is 0 Å². The van der Waals surface area contributed by atoms with Crippen molar-refractivity contribution in [2.24, 2.45) is 0 Å². The Morgan fingerprint density at radius 1 is 0.388 bits per heavy atom. The Labute approximate surface area is 360 Å². The fourth-order valence-corrected chi connectivity index (χ4v) is 27.4. The lowest BCUT2D eigenvalue weighted by Crippen LogP contribution is -1.89. The van der Waals surface area contributed by atoms with Gasteiger partial charge in [0.05, 0.1) is 83.3 Å². The van der Waals surface area contributed by atoms with Crippen LogP contribution in [-0.4, -0.2) is 39.2 Å². The standard InChI is InChI=1S/C30H24O2S17/c1-31-21-13(11-19-46-27-28(47-19)43-17(42-27)9-7-15-38-23(33-3)24(34-4)39-15)37-14(22(21)32-2)12-20-48-29-30(49-20)45-18(44-29)10-8-16-40-25(35-5)26(36-6)41-16/h7-12H,1-6H3. The molecular weight excluding hydrogens is 937 g/mol. The summed E-state index contributed by atoms with van der Waals surface area (Å²) in [7, 11) is 3.48. The van der Waals surface area contributed by atoms with Crippen LogP contribution in [0.1, 0.15) is 9.75 Å². The molecule has 1 aromatic rings. The second kappa shape index (κ2) is 18.5. The van der Waals surface area contributed by atoms with E-state index in [9.17, 15) is 0 Å². The van der Waals surface area contributed by atoms with E-state index in [-0.39, 0.29) is 0 Å². The molecule has 0 atom stereocenters. The average molecular weight is 962 g/mol. The minimum Gasteiger partial charge on any atom is -0.491 e. The van der Waals surface area contributed by atoms with Gasteiger partial charge >= 0.3 is 0 Å². The molecule has 0 amide bonds. The van der Waals surface area contributed by atoms with Gasteiger partial charge < -0.3 is 9.47 Å². The van der Waals surface area contributed by atoms with E-state index in [1.165, 1.54) is 59.3 Å². The van der Waals surface area contributed by atoms with Crippen molar-refractivity contribution < 1.29 is 9.47 Å². The van der Waals surface area contributed by atoms with Crippen LogP contribution in [0, 0.1) is 0 Å². The molecule has 1 aromatic heterocycles. The number of thioether (sulfide) groups is 16. The summed E-state index contributed by atoms with van der Waals surface area (Å²) in [6.45, 7) is 0. The lowest BCUT2D eigenvalue weighted by Gasteiger charge is -2.05. The van der Waals surface area contributed by atoms with Crippen LogP contribution in [0.15, 0.2) is 83.6 Å². The molecule has 7 heterocycles. The van der Waals surface area contributed by atoms with Gasteiger partial charge in [-0.15, -0.1) is 58.4 Å². The maximum Gasteiger partial charge on any atom is 0.179 e. The Morgan fingerprint density at radius 2 is 0.653 bits per heavy atom. The predicted molar refractivity (Wildman–Crippen MR) is 259 cm³/mol. The maximum atomic E-state index is 5.92. The van der Waals surface area contributed by atoms with Crippen LogP contribution in [0.5, 0.6) is 11.5 Å². The highest BCUT2D eigenvalue weighted by Crippen LogP contribution is 2.69. The molecule has 6 aliphatic heterocycles. The van der Waals surface area contributed by atoms with Gasteiger partial charge in [-0.3, -0.25) is 0 Å². The van der Waals surface area contributed by atoms with E-state index in [1.807, 2.05) is 188 Å². The summed E-state index contributed by atoms with van der Waals surface area (Å²) in [5.74, 6) is 1.62. The highest BCUT2D eigenvalue weighted by molar-refractivity contribution is 8.49. The van der Waals surface area contributed by atoms with Crippen molar-refractivity contribution in [1.29, 1.82) is 0 Å².